The van der Waals surface area contributed by atoms with Gasteiger partial charge in [-0.1, -0.05) is 6.42 Å². The third kappa shape index (κ3) is 4.41. The molecule has 4 nitrogen and oxygen atoms in total. The first-order valence-electron chi connectivity index (χ1n) is 8.87. The van der Waals surface area contributed by atoms with Gasteiger partial charge < -0.3 is 14.7 Å². The number of rotatable bonds is 7. The van der Waals surface area contributed by atoms with Crippen LogP contribution in [-0.4, -0.2) is 74.0 Å². The second kappa shape index (κ2) is 7.40. The largest absolute Gasteiger partial charge is 0.389 e. The maximum absolute atomic E-state index is 10.1. The molecule has 2 bridgehead atoms. The first kappa shape index (κ1) is 15.7. The molecule has 122 valence electrons. The van der Waals surface area contributed by atoms with E-state index in [2.05, 4.69) is 16.8 Å². The zero-order chi connectivity index (χ0) is 14.7. The average Bonchev–Trinajstić information content (AvgIpc) is 3.09. The molecular formula is C17H32N2O2. The molecule has 1 aliphatic heterocycles. The van der Waals surface area contributed by atoms with Crippen molar-refractivity contribution in [3.05, 3.63) is 0 Å². The molecule has 0 radical (unpaired) electrons. The zero-order valence-electron chi connectivity index (χ0n) is 13.5. The summed E-state index contributed by atoms with van der Waals surface area (Å²) in [6, 6.07) is 0. The fourth-order valence-electron chi connectivity index (χ4n) is 4.57. The van der Waals surface area contributed by atoms with Gasteiger partial charge in [-0.2, -0.15) is 0 Å². The Bertz CT molecular complexity index is 318. The van der Waals surface area contributed by atoms with E-state index in [1.54, 1.807) is 0 Å². The Morgan fingerprint density at radius 1 is 1.14 bits per heavy atom. The predicted octanol–water partition coefficient (Wildman–Crippen LogP) is 1.44. The van der Waals surface area contributed by atoms with Crippen molar-refractivity contribution in [2.45, 2.75) is 38.2 Å². The van der Waals surface area contributed by atoms with Gasteiger partial charge in [-0.05, 0) is 50.5 Å². The molecule has 0 aromatic heterocycles. The Morgan fingerprint density at radius 3 is 2.62 bits per heavy atom. The number of nitrogens with zero attached hydrogens (tertiary/aromatic N) is 2. The lowest BCUT2D eigenvalue weighted by molar-refractivity contribution is 0.00395. The Kier molecular flexibility index (Phi) is 5.54. The van der Waals surface area contributed by atoms with Crippen molar-refractivity contribution in [3.8, 4) is 0 Å². The standard InChI is InChI=1S/C17H32N2O2/c1-18-5-7-19(8-6-18)12-17(20)13-21-9-4-16-11-14-2-3-15(16)10-14/h14-17,20H,2-13H2,1H3/t14-,15-,16+,17+/m1/s1. The van der Waals surface area contributed by atoms with Gasteiger partial charge in [0.15, 0.2) is 0 Å². The average molecular weight is 296 g/mol. The van der Waals surface area contributed by atoms with E-state index in [4.69, 9.17) is 4.74 Å². The van der Waals surface area contributed by atoms with Crippen LogP contribution in [0.15, 0.2) is 0 Å². The molecule has 3 rings (SSSR count). The predicted molar refractivity (Wildman–Crippen MR) is 84.3 cm³/mol. The molecule has 0 amide bonds. The molecule has 1 saturated heterocycles. The van der Waals surface area contributed by atoms with E-state index in [-0.39, 0.29) is 6.10 Å². The van der Waals surface area contributed by atoms with Crippen LogP contribution in [-0.2, 0) is 4.74 Å². The van der Waals surface area contributed by atoms with Crippen LogP contribution in [0.5, 0.6) is 0 Å². The molecule has 1 heterocycles. The fourth-order valence-corrected chi connectivity index (χ4v) is 4.57. The van der Waals surface area contributed by atoms with Gasteiger partial charge in [-0.3, -0.25) is 4.90 Å². The van der Waals surface area contributed by atoms with E-state index in [1.807, 2.05) is 0 Å². The van der Waals surface area contributed by atoms with Crippen molar-refractivity contribution in [1.29, 1.82) is 0 Å². The summed E-state index contributed by atoms with van der Waals surface area (Å²) in [5, 5.41) is 10.1. The van der Waals surface area contributed by atoms with Crippen molar-refractivity contribution < 1.29 is 9.84 Å². The molecule has 3 fully saturated rings. The molecule has 0 unspecified atom stereocenters. The van der Waals surface area contributed by atoms with Gasteiger partial charge in [0.1, 0.15) is 0 Å². The summed E-state index contributed by atoms with van der Waals surface area (Å²) in [4.78, 5) is 4.69. The molecule has 4 atom stereocenters. The topological polar surface area (TPSA) is 35.9 Å². The number of hydrogen-bond acceptors (Lipinski definition) is 4. The smallest absolute Gasteiger partial charge is 0.0900 e. The molecule has 4 heteroatoms. The zero-order valence-corrected chi connectivity index (χ0v) is 13.5. The van der Waals surface area contributed by atoms with Crippen molar-refractivity contribution in [2.24, 2.45) is 17.8 Å². The quantitative estimate of drug-likeness (QED) is 0.721. The van der Waals surface area contributed by atoms with Crippen molar-refractivity contribution in [1.82, 2.24) is 9.80 Å². The highest BCUT2D eigenvalue weighted by molar-refractivity contribution is 4.89. The van der Waals surface area contributed by atoms with Crippen LogP contribution in [0, 0.1) is 17.8 Å². The van der Waals surface area contributed by atoms with E-state index < -0.39 is 0 Å². The number of likely N-dealkylation sites (N-methyl/N-ethyl adjacent to an activating group) is 1. The van der Waals surface area contributed by atoms with Gasteiger partial charge in [0.2, 0.25) is 0 Å². The van der Waals surface area contributed by atoms with E-state index >= 15 is 0 Å². The molecular weight excluding hydrogens is 264 g/mol. The second-order valence-electron chi connectivity index (χ2n) is 7.56. The van der Waals surface area contributed by atoms with Crippen LogP contribution in [0.1, 0.15) is 32.1 Å². The molecule has 0 aromatic rings. The van der Waals surface area contributed by atoms with Gasteiger partial charge in [-0.25, -0.2) is 0 Å². The van der Waals surface area contributed by atoms with E-state index in [0.717, 1.165) is 57.1 Å². The Hall–Kier alpha value is -0.160. The van der Waals surface area contributed by atoms with E-state index in [0.29, 0.717) is 6.61 Å². The molecule has 3 aliphatic rings. The van der Waals surface area contributed by atoms with Crippen LogP contribution < -0.4 is 0 Å². The maximum Gasteiger partial charge on any atom is 0.0900 e. The van der Waals surface area contributed by atoms with Crippen molar-refractivity contribution in [3.63, 3.8) is 0 Å². The number of ether oxygens (including phenoxy) is 1. The van der Waals surface area contributed by atoms with Crippen molar-refractivity contribution in [2.75, 3.05) is 53.0 Å². The highest BCUT2D eigenvalue weighted by atomic mass is 16.5. The number of piperazine rings is 1. The first-order valence-corrected chi connectivity index (χ1v) is 8.87. The number of fused-ring (bicyclic) bond motifs is 2. The number of aliphatic hydroxyl groups is 1. The highest BCUT2D eigenvalue weighted by Crippen LogP contribution is 2.49. The lowest BCUT2D eigenvalue weighted by Crippen LogP contribution is -2.47. The van der Waals surface area contributed by atoms with Gasteiger partial charge in [-0.15, -0.1) is 0 Å². The lowest BCUT2D eigenvalue weighted by Gasteiger charge is -2.33. The minimum atomic E-state index is -0.326. The summed E-state index contributed by atoms with van der Waals surface area (Å²) in [7, 11) is 2.16. The van der Waals surface area contributed by atoms with Gasteiger partial charge in [0, 0.05) is 39.3 Å². The van der Waals surface area contributed by atoms with E-state index in [1.165, 1.54) is 32.1 Å². The van der Waals surface area contributed by atoms with Gasteiger partial charge in [0.05, 0.1) is 12.7 Å². The van der Waals surface area contributed by atoms with Crippen LogP contribution in [0.3, 0.4) is 0 Å². The summed E-state index contributed by atoms with van der Waals surface area (Å²) in [5.41, 5.74) is 0. The van der Waals surface area contributed by atoms with Crippen LogP contribution in [0.25, 0.3) is 0 Å². The van der Waals surface area contributed by atoms with Gasteiger partial charge >= 0.3 is 0 Å². The van der Waals surface area contributed by atoms with Crippen LogP contribution in [0.4, 0.5) is 0 Å². The molecule has 0 aromatic carbocycles. The summed E-state index contributed by atoms with van der Waals surface area (Å²) in [6.45, 7) is 6.47. The molecule has 2 saturated carbocycles. The summed E-state index contributed by atoms with van der Waals surface area (Å²) < 4.78 is 5.74. The second-order valence-corrected chi connectivity index (χ2v) is 7.56. The summed E-state index contributed by atoms with van der Waals surface area (Å²) in [6.07, 6.45) is 6.75. The maximum atomic E-state index is 10.1. The normalized spacial score (nSPS) is 35.4. The minimum absolute atomic E-state index is 0.326. The summed E-state index contributed by atoms with van der Waals surface area (Å²) in [5.74, 6) is 2.94. The van der Waals surface area contributed by atoms with Crippen LogP contribution >= 0.6 is 0 Å². The molecule has 0 spiro atoms. The van der Waals surface area contributed by atoms with E-state index in [9.17, 15) is 5.11 Å². The number of β-amino-alcohol motifs (C(OH)–C–C–N with tert-alkyl or cyclic N) is 1. The molecule has 1 N–H and O–H groups in total. The lowest BCUT2D eigenvalue weighted by atomic mass is 9.87. The SMILES string of the molecule is CN1CCN(C[C@H](O)COCC[C@H]2C[C@@H]3CC[C@@H]2C3)CC1. The summed E-state index contributed by atoms with van der Waals surface area (Å²) >= 11 is 0. The molecule has 2 aliphatic carbocycles. The van der Waals surface area contributed by atoms with Crippen LogP contribution in [0.2, 0.25) is 0 Å². The third-order valence-electron chi connectivity index (χ3n) is 5.89. The van der Waals surface area contributed by atoms with Crippen molar-refractivity contribution >= 4 is 0 Å². The fraction of sp³-hybridized carbons (Fsp3) is 1.00. The minimum Gasteiger partial charge on any atom is -0.389 e. The monoisotopic (exact) mass is 296 g/mol. The Balaban J connectivity index is 1.24. The third-order valence-corrected chi connectivity index (χ3v) is 5.89. The first-order chi connectivity index (χ1) is 10.2. The Morgan fingerprint density at radius 2 is 1.95 bits per heavy atom. The van der Waals surface area contributed by atoms with Gasteiger partial charge in [0.25, 0.3) is 0 Å². The Labute approximate surface area is 129 Å². The number of aliphatic hydroxyl groups excluding tert-OH is 1. The number of hydrogen-bond donors (Lipinski definition) is 1. The highest BCUT2D eigenvalue weighted by Gasteiger charge is 2.38. The molecule has 21 heavy (non-hydrogen) atoms.